The van der Waals surface area contributed by atoms with Crippen LogP contribution in [0.3, 0.4) is 0 Å². The van der Waals surface area contributed by atoms with Gasteiger partial charge in [0.15, 0.2) is 6.04 Å². The van der Waals surface area contributed by atoms with Gasteiger partial charge in [0.25, 0.3) is 0 Å². The number of fused-ring (bicyclic) bond motifs is 3. The molecule has 2 unspecified atom stereocenters. The first-order valence-electron chi connectivity index (χ1n) is 10.1. The molecule has 1 aliphatic carbocycles. The van der Waals surface area contributed by atoms with E-state index in [-0.39, 0.29) is 12.5 Å². The van der Waals surface area contributed by atoms with Crippen molar-refractivity contribution in [1.29, 1.82) is 0 Å². The second-order valence-electron chi connectivity index (χ2n) is 7.73. The molecule has 0 bridgehead atoms. The van der Waals surface area contributed by atoms with Gasteiger partial charge < -0.3 is 15.2 Å². The Morgan fingerprint density at radius 2 is 1.70 bits per heavy atom. The first-order chi connectivity index (χ1) is 15.7. The van der Waals surface area contributed by atoms with Crippen molar-refractivity contribution in [2.45, 2.75) is 31.1 Å². The molecule has 1 amide bonds. The Morgan fingerprint density at radius 3 is 2.21 bits per heavy atom. The molecule has 2 N–H and O–H groups in total. The molecule has 1 heterocycles. The molecule has 0 saturated carbocycles. The number of alkyl carbamates (subject to hydrolysis) is 1. The molecule has 0 saturated heterocycles. The van der Waals surface area contributed by atoms with Crippen LogP contribution in [0.4, 0.5) is 18.0 Å². The summed E-state index contributed by atoms with van der Waals surface area (Å²) in [6.07, 6.45) is -4.31. The fraction of sp³-hybridized carbons (Fsp3) is 0.261. The molecule has 7 nitrogen and oxygen atoms in total. The van der Waals surface area contributed by atoms with Crippen molar-refractivity contribution >= 4 is 12.1 Å². The minimum absolute atomic E-state index is 0.0272. The number of aliphatic carboxylic acids is 1. The van der Waals surface area contributed by atoms with Crippen molar-refractivity contribution in [2.24, 2.45) is 0 Å². The standard InChI is InChI=1S/C23H20F3N3O4/c1-13(29-11-14(10-27-29)23(24,25)26)20(21(30)31)28-22(32)33-12-19-17-8-4-2-6-15(17)16-7-3-5-9-18(16)19/h2-11,13,19-20H,12H2,1H3,(H,28,32)(H,30,31). The van der Waals surface area contributed by atoms with Crippen molar-refractivity contribution in [2.75, 3.05) is 6.61 Å². The fourth-order valence-corrected chi connectivity index (χ4v) is 4.02. The Labute approximate surface area is 186 Å². The highest BCUT2D eigenvalue weighted by atomic mass is 19.4. The van der Waals surface area contributed by atoms with Crippen LogP contribution in [-0.4, -0.2) is 39.6 Å². The van der Waals surface area contributed by atoms with Gasteiger partial charge >= 0.3 is 18.2 Å². The van der Waals surface area contributed by atoms with Crippen molar-refractivity contribution in [3.05, 3.63) is 77.6 Å². The Bertz CT molecular complexity index is 1150. The maximum Gasteiger partial charge on any atom is 0.419 e. The van der Waals surface area contributed by atoms with E-state index >= 15 is 0 Å². The molecule has 0 radical (unpaired) electrons. The largest absolute Gasteiger partial charge is 0.480 e. The fourth-order valence-electron chi connectivity index (χ4n) is 4.02. The van der Waals surface area contributed by atoms with E-state index in [1.807, 2.05) is 48.5 Å². The third kappa shape index (κ3) is 4.41. The van der Waals surface area contributed by atoms with E-state index in [9.17, 15) is 27.9 Å². The molecule has 4 rings (SSSR count). The Balaban J connectivity index is 1.45. The number of nitrogens with zero attached hydrogens (tertiary/aromatic N) is 2. The van der Waals surface area contributed by atoms with E-state index in [1.165, 1.54) is 6.92 Å². The number of benzene rings is 2. The van der Waals surface area contributed by atoms with Gasteiger partial charge in [-0.2, -0.15) is 18.3 Å². The lowest BCUT2D eigenvalue weighted by molar-refractivity contribution is -0.140. The predicted octanol–water partition coefficient (Wildman–Crippen LogP) is 4.45. The smallest absolute Gasteiger partial charge is 0.419 e. The van der Waals surface area contributed by atoms with E-state index in [1.54, 1.807) is 0 Å². The van der Waals surface area contributed by atoms with Crippen LogP contribution in [0, 0.1) is 0 Å². The number of halogens is 3. The molecule has 33 heavy (non-hydrogen) atoms. The zero-order valence-corrected chi connectivity index (χ0v) is 17.4. The van der Waals surface area contributed by atoms with Gasteiger partial charge in [0, 0.05) is 12.1 Å². The van der Waals surface area contributed by atoms with Gasteiger partial charge in [-0.3, -0.25) is 4.68 Å². The van der Waals surface area contributed by atoms with E-state index in [0.29, 0.717) is 12.4 Å². The number of carboxylic acid groups (broad SMARTS) is 1. The summed E-state index contributed by atoms with van der Waals surface area (Å²) in [5.74, 6) is -1.65. The number of carboxylic acids is 1. The third-order valence-electron chi connectivity index (χ3n) is 5.71. The van der Waals surface area contributed by atoms with Crippen LogP contribution < -0.4 is 5.32 Å². The minimum Gasteiger partial charge on any atom is -0.480 e. The number of carbonyl (C=O) groups is 2. The Kier molecular flexibility index (Phi) is 5.84. The number of nitrogens with one attached hydrogen (secondary N) is 1. The summed E-state index contributed by atoms with van der Waals surface area (Å²) in [6, 6.07) is 12.8. The summed E-state index contributed by atoms with van der Waals surface area (Å²) in [5, 5.41) is 15.4. The lowest BCUT2D eigenvalue weighted by Gasteiger charge is -2.22. The van der Waals surface area contributed by atoms with Crippen LogP contribution in [0.25, 0.3) is 11.1 Å². The number of rotatable bonds is 6. The number of aromatic nitrogens is 2. The lowest BCUT2D eigenvalue weighted by atomic mass is 9.98. The van der Waals surface area contributed by atoms with Crippen LogP contribution in [0.5, 0.6) is 0 Å². The van der Waals surface area contributed by atoms with Crippen LogP contribution in [-0.2, 0) is 15.7 Å². The van der Waals surface area contributed by atoms with Crippen LogP contribution in [0.1, 0.15) is 35.6 Å². The molecule has 10 heteroatoms. The molecule has 0 spiro atoms. The second kappa shape index (κ2) is 8.61. The molecule has 0 aliphatic heterocycles. The van der Waals surface area contributed by atoms with E-state index in [4.69, 9.17) is 4.74 Å². The normalized spacial score (nSPS) is 14.8. The quantitative estimate of drug-likeness (QED) is 0.568. The second-order valence-corrected chi connectivity index (χ2v) is 7.73. The first kappa shape index (κ1) is 22.4. The van der Waals surface area contributed by atoms with Gasteiger partial charge in [-0.25, -0.2) is 9.59 Å². The summed E-state index contributed by atoms with van der Waals surface area (Å²) in [7, 11) is 0. The van der Waals surface area contributed by atoms with Gasteiger partial charge in [0.05, 0.1) is 17.8 Å². The molecular weight excluding hydrogens is 439 g/mol. The summed E-state index contributed by atoms with van der Waals surface area (Å²) < 4.78 is 44.7. The van der Waals surface area contributed by atoms with Crippen molar-refractivity contribution in [3.63, 3.8) is 0 Å². The summed E-state index contributed by atoms with van der Waals surface area (Å²) >= 11 is 0. The number of alkyl halides is 3. The van der Waals surface area contributed by atoms with Gasteiger partial charge in [-0.1, -0.05) is 48.5 Å². The van der Waals surface area contributed by atoms with Gasteiger partial charge in [0.1, 0.15) is 6.61 Å². The van der Waals surface area contributed by atoms with Crippen molar-refractivity contribution in [3.8, 4) is 11.1 Å². The van der Waals surface area contributed by atoms with Gasteiger partial charge in [-0.15, -0.1) is 0 Å². The predicted molar refractivity (Wildman–Crippen MR) is 112 cm³/mol. The molecule has 2 aromatic carbocycles. The maximum atomic E-state index is 12.8. The molecule has 172 valence electrons. The van der Waals surface area contributed by atoms with Gasteiger partial charge in [0.2, 0.25) is 0 Å². The number of amides is 1. The molecular formula is C23H20F3N3O4. The van der Waals surface area contributed by atoms with E-state index in [2.05, 4.69) is 10.4 Å². The monoisotopic (exact) mass is 459 g/mol. The van der Waals surface area contributed by atoms with Crippen molar-refractivity contribution < 1.29 is 32.6 Å². The first-order valence-corrected chi connectivity index (χ1v) is 10.1. The number of hydrogen-bond donors (Lipinski definition) is 2. The maximum absolute atomic E-state index is 12.8. The Morgan fingerprint density at radius 1 is 1.12 bits per heavy atom. The average Bonchev–Trinajstić information content (AvgIpc) is 3.39. The highest BCUT2D eigenvalue weighted by Gasteiger charge is 2.35. The lowest BCUT2D eigenvalue weighted by Crippen LogP contribution is -2.46. The summed E-state index contributed by atoms with van der Waals surface area (Å²) in [6.45, 7) is 1.32. The molecule has 1 aromatic heterocycles. The van der Waals surface area contributed by atoms with E-state index < -0.39 is 35.9 Å². The zero-order valence-electron chi connectivity index (χ0n) is 17.4. The number of carbonyl (C=O) groups excluding carboxylic acids is 1. The molecule has 3 aromatic rings. The van der Waals surface area contributed by atoms with Crippen LogP contribution >= 0.6 is 0 Å². The highest BCUT2D eigenvalue weighted by molar-refractivity contribution is 5.81. The average molecular weight is 459 g/mol. The van der Waals surface area contributed by atoms with Crippen LogP contribution in [0.15, 0.2) is 60.9 Å². The zero-order chi connectivity index (χ0) is 23.8. The number of hydrogen-bond acceptors (Lipinski definition) is 4. The van der Waals surface area contributed by atoms with Crippen LogP contribution in [0.2, 0.25) is 0 Å². The minimum atomic E-state index is -4.61. The molecule has 1 aliphatic rings. The third-order valence-corrected chi connectivity index (χ3v) is 5.71. The molecule has 2 atom stereocenters. The van der Waals surface area contributed by atoms with Gasteiger partial charge in [-0.05, 0) is 29.2 Å². The topological polar surface area (TPSA) is 93.5 Å². The SMILES string of the molecule is CC(C(NC(=O)OCC1c2ccccc2-c2ccccc21)C(=O)O)n1cc(C(F)(F)F)cn1. The summed E-state index contributed by atoms with van der Waals surface area (Å²) in [4.78, 5) is 24.1. The van der Waals surface area contributed by atoms with E-state index in [0.717, 1.165) is 26.9 Å². The highest BCUT2D eigenvalue weighted by Crippen LogP contribution is 2.44. The molecule has 0 fully saturated rings. The summed E-state index contributed by atoms with van der Waals surface area (Å²) in [5.41, 5.74) is 3.05. The Hall–Kier alpha value is -3.82. The number of ether oxygens (including phenoxy) is 1. The van der Waals surface area contributed by atoms with Crippen molar-refractivity contribution in [1.82, 2.24) is 15.1 Å².